The number of rotatable bonds is 7. The first kappa shape index (κ1) is 15.8. The third kappa shape index (κ3) is 4.73. The molecule has 1 N–H and O–H groups in total. The van der Waals surface area contributed by atoms with E-state index in [9.17, 15) is 0 Å². The second-order valence-corrected chi connectivity index (χ2v) is 5.42. The van der Waals surface area contributed by atoms with Crippen molar-refractivity contribution < 1.29 is 0 Å². The molecule has 0 radical (unpaired) electrons. The lowest BCUT2D eigenvalue weighted by Gasteiger charge is -2.23. The Bertz CT molecular complexity index is 416. The highest BCUT2D eigenvalue weighted by Crippen LogP contribution is 2.27. The van der Waals surface area contributed by atoms with E-state index >= 15 is 0 Å². The monoisotopic (exact) mass is 257 g/mol. The molecular weight excluding hydrogens is 230 g/mol. The van der Waals surface area contributed by atoms with Crippen molar-refractivity contribution in [1.82, 2.24) is 5.32 Å². The van der Waals surface area contributed by atoms with Gasteiger partial charge in [0.25, 0.3) is 0 Å². The SMILES string of the molecule is C#CCCCC(NCCC)c1c(C)cc(C)cc1C. The van der Waals surface area contributed by atoms with Gasteiger partial charge in [-0.05, 0) is 63.3 Å². The average Bonchev–Trinajstić information content (AvgIpc) is 2.34. The van der Waals surface area contributed by atoms with Gasteiger partial charge in [0.2, 0.25) is 0 Å². The molecule has 1 nitrogen and oxygen atoms in total. The van der Waals surface area contributed by atoms with E-state index in [0.29, 0.717) is 6.04 Å². The molecule has 0 amide bonds. The molecular formula is C18H27N. The van der Waals surface area contributed by atoms with Gasteiger partial charge in [0.05, 0.1) is 0 Å². The van der Waals surface area contributed by atoms with Gasteiger partial charge < -0.3 is 5.32 Å². The number of hydrogen-bond donors (Lipinski definition) is 1. The summed E-state index contributed by atoms with van der Waals surface area (Å²) < 4.78 is 0. The van der Waals surface area contributed by atoms with Crippen molar-refractivity contribution in [1.29, 1.82) is 0 Å². The van der Waals surface area contributed by atoms with Gasteiger partial charge in [0.1, 0.15) is 0 Å². The molecule has 19 heavy (non-hydrogen) atoms. The van der Waals surface area contributed by atoms with Gasteiger partial charge in [-0.1, -0.05) is 24.6 Å². The molecule has 1 rings (SSSR count). The van der Waals surface area contributed by atoms with E-state index in [2.05, 4.69) is 51.1 Å². The van der Waals surface area contributed by atoms with Crippen LogP contribution in [0.4, 0.5) is 0 Å². The first-order chi connectivity index (χ1) is 9.10. The summed E-state index contributed by atoms with van der Waals surface area (Å²) in [6.07, 6.45) is 9.60. The van der Waals surface area contributed by atoms with Crippen LogP contribution in [0.15, 0.2) is 12.1 Å². The molecule has 0 spiro atoms. The average molecular weight is 257 g/mol. The molecule has 1 aromatic rings. The van der Waals surface area contributed by atoms with Crippen molar-refractivity contribution in [2.24, 2.45) is 0 Å². The van der Waals surface area contributed by atoms with Crippen molar-refractivity contribution in [2.45, 2.75) is 59.4 Å². The van der Waals surface area contributed by atoms with E-state index < -0.39 is 0 Å². The molecule has 0 aliphatic carbocycles. The van der Waals surface area contributed by atoms with E-state index in [1.807, 2.05) is 0 Å². The summed E-state index contributed by atoms with van der Waals surface area (Å²) in [5.74, 6) is 2.74. The lowest BCUT2D eigenvalue weighted by atomic mass is 9.91. The number of benzene rings is 1. The fourth-order valence-electron chi connectivity index (χ4n) is 2.82. The third-order valence-corrected chi connectivity index (χ3v) is 3.54. The van der Waals surface area contributed by atoms with Gasteiger partial charge in [0.15, 0.2) is 0 Å². The summed E-state index contributed by atoms with van der Waals surface area (Å²) in [7, 11) is 0. The number of unbranched alkanes of at least 4 members (excludes halogenated alkanes) is 1. The largest absolute Gasteiger partial charge is 0.310 e. The molecule has 1 atom stereocenters. The lowest BCUT2D eigenvalue weighted by molar-refractivity contribution is 0.484. The second-order valence-electron chi connectivity index (χ2n) is 5.42. The molecule has 0 saturated carbocycles. The fraction of sp³-hybridized carbons (Fsp3) is 0.556. The zero-order valence-electron chi connectivity index (χ0n) is 12.8. The minimum Gasteiger partial charge on any atom is -0.310 e. The summed E-state index contributed by atoms with van der Waals surface area (Å²) in [6, 6.07) is 5.00. The highest BCUT2D eigenvalue weighted by molar-refractivity contribution is 5.39. The fourth-order valence-corrected chi connectivity index (χ4v) is 2.82. The molecule has 0 fully saturated rings. The molecule has 0 saturated heterocycles. The van der Waals surface area contributed by atoms with Crippen molar-refractivity contribution in [2.75, 3.05) is 6.54 Å². The van der Waals surface area contributed by atoms with Crippen LogP contribution < -0.4 is 5.32 Å². The zero-order valence-corrected chi connectivity index (χ0v) is 12.8. The molecule has 1 heteroatoms. The molecule has 0 aliphatic rings. The van der Waals surface area contributed by atoms with E-state index in [1.54, 1.807) is 0 Å². The van der Waals surface area contributed by atoms with Gasteiger partial charge in [-0.2, -0.15) is 0 Å². The predicted molar refractivity (Wildman–Crippen MR) is 84.4 cm³/mol. The Labute approximate surface area is 118 Å². The van der Waals surface area contributed by atoms with Crippen molar-refractivity contribution in [3.05, 3.63) is 34.4 Å². The van der Waals surface area contributed by atoms with Gasteiger partial charge in [-0.15, -0.1) is 12.3 Å². The van der Waals surface area contributed by atoms with Crippen LogP contribution in [-0.2, 0) is 0 Å². The molecule has 0 aromatic heterocycles. The van der Waals surface area contributed by atoms with Crippen LogP contribution in [0.25, 0.3) is 0 Å². The first-order valence-corrected chi connectivity index (χ1v) is 7.34. The third-order valence-electron chi connectivity index (χ3n) is 3.54. The smallest absolute Gasteiger partial charge is 0.0325 e. The summed E-state index contributed by atoms with van der Waals surface area (Å²) >= 11 is 0. The maximum atomic E-state index is 5.36. The summed E-state index contributed by atoms with van der Waals surface area (Å²) in [4.78, 5) is 0. The maximum absolute atomic E-state index is 5.36. The quantitative estimate of drug-likeness (QED) is 0.562. The Morgan fingerprint density at radius 2 is 1.84 bits per heavy atom. The summed E-state index contributed by atoms with van der Waals surface area (Å²) in [6.45, 7) is 9.87. The normalized spacial score (nSPS) is 12.2. The topological polar surface area (TPSA) is 12.0 Å². The molecule has 1 unspecified atom stereocenters. The maximum Gasteiger partial charge on any atom is 0.0325 e. The van der Waals surface area contributed by atoms with Crippen LogP contribution in [0.3, 0.4) is 0 Å². The van der Waals surface area contributed by atoms with E-state index in [-0.39, 0.29) is 0 Å². The summed E-state index contributed by atoms with van der Waals surface area (Å²) in [5, 5.41) is 3.68. The molecule has 104 valence electrons. The highest BCUT2D eigenvalue weighted by atomic mass is 14.9. The van der Waals surface area contributed by atoms with Crippen LogP contribution in [0.2, 0.25) is 0 Å². The van der Waals surface area contributed by atoms with Crippen molar-refractivity contribution in [3.63, 3.8) is 0 Å². The highest BCUT2D eigenvalue weighted by Gasteiger charge is 2.15. The van der Waals surface area contributed by atoms with Crippen molar-refractivity contribution >= 4 is 0 Å². The Kier molecular flexibility index (Phi) is 6.67. The van der Waals surface area contributed by atoms with Crippen molar-refractivity contribution in [3.8, 4) is 12.3 Å². The second kappa shape index (κ2) is 8.02. The number of terminal acetylenes is 1. The van der Waals surface area contributed by atoms with Gasteiger partial charge in [0, 0.05) is 12.5 Å². The van der Waals surface area contributed by atoms with E-state index in [1.165, 1.54) is 22.3 Å². The van der Waals surface area contributed by atoms with Crippen LogP contribution in [0, 0.1) is 33.1 Å². The number of nitrogens with one attached hydrogen (secondary N) is 1. The van der Waals surface area contributed by atoms with Crippen LogP contribution in [0.5, 0.6) is 0 Å². The minimum atomic E-state index is 0.439. The molecule has 0 heterocycles. The molecule has 1 aromatic carbocycles. The van der Waals surface area contributed by atoms with Crippen LogP contribution in [-0.4, -0.2) is 6.54 Å². The van der Waals surface area contributed by atoms with Gasteiger partial charge >= 0.3 is 0 Å². The van der Waals surface area contributed by atoms with E-state index in [0.717, 1.165) is 32.2 Å². The lowest BCUT2D eigenvalue weighted by Crippen LogP contribution is -2.23. The Morgan fingerprint density at radius 1 is 1.21 bits per heavy atom. The van der Waals surface area contributed by atoms with Crippen LogP contribution >= 0.6 is 0 Å². The Balaban J connectivity index is 2.93. The predicted octanol–water partition coefficient (Wildman–Crippen LogP) is 4.46. The van der Waals surface area contributed by atoms with Crippen LogP contribution in [0.1, 0.15) is 60.9 Å². The number of aryl methyl sites for hydroxylation is 3. The minimum absolute atomic E-state index is 0.439. The Hall–Kier alpha value is -1.26. The molecule has 0 aliphatic heterocycles. The molecule has 0 bridgehead atoms. The van der Waals surface area contributed by atoms with Gasteiger partial charge in [-0.25, -0.2) is 0 Å². The Morgan fingerprint density at radius 3 is 2.37 bits per heavy atom. The van der Waals surface area contributed by atoms with E-state index in [4.69, 9.17) is 6.42 Å². The summed E-state index contributed by atoms with van der Waals surface area (Å²) in [5.41, 5.74) is 5.60. The first-order valence-electron chi connectivity index (χ1n) is 7.34. The van der Waals surface area contributed by atoms with Gasteiger partial charge in [-0.3, -0.25) is 0 Å². The standard InChI is InChI=1S/C18H27N/c1-6-8-9-10-17(19-11-7-2)18-15(4)12-14(3)13-16(18)5/h1,12-13,17,19H,7-11H2,2-5H3. The zero-order chi connectivity index (χ0) is 14.3. The number of hydrogen-bond acceptors (Lipinski definition) is 1.